The summed E-state index contributed by atoms with van der Waals surface area (Å²) in [5, 5.41) is 18.3. The van der Waals surface area contributed by atoms with Crippen molar-refractivity contribution in [1.82, 2.24) is 0 Å². The summed E-state index contributed by atoms with van der Waals surface area (Å²) in [4.78, 5) is 12.4. The largest absolute Gasteiger partial charge is 0.505 e. The average molecular weight is 512 g/mol. The number of carbonyl (C=O) groups excluding carboxylic acids is 1. The highest BCUT2D eigenvalue weighted by molar-refractivity contribution is 9.10. The Morgan fingerprint density at radius 2 is 1.62 bits per heavy atom. The number of nitrogens with one attached hydrogen (secondary N) is 1. The number of benzene rings is 3. The number of phenols is 1. The van der Waals surface area contributed by atoms with Gasteiger partial charge < -0.3 is 5.11 Å². The van der Waals surface area contributed by atoms with Crippen molar-refractivity contribution in [3.8, 4) is 5.75 Å². The predicted octanol–water partition coefficient (Wildman–Crippen LogP) is 5.53. The summed E-state index contributed by atoms with van der Waals surface area (Å²) in [6, 6.07) is 16.0. The van der Waals surface area contributed by atoms with E-state index in [1.165, 1.54) is 18.2 Å². The van der Waals surface area contributed by atoms with Crippen molar-refractivity contribution in [3.05, 3.63) is 94.0 Å². The van der Waals surface area contributed by atoms with Gasteiger partial charge in [0.05, 0.1) is 10.6 Å². The van der Waals surface area contributed by atoms with Gasteiger partial charge in [0.2, 0.25) is 0 Å². The van der Waals surface area contributed by atoms with Gasteiger partial charge in [-0.1, -0.05) is 46.3 Å². The van der Waals surface area contributed by atoms with Crippen LogP contribution in [0.5, 0.6) is 5.75 Å². The second kappa shape index (κ2) is 9.05. The van der Waals surface area contributed by atoms with E-state index in [0.29, 0.717) is 29.5 Å². The van der Waals surface area contributed by atoms with Gasteiger partial charge >= 0.3 is 0 Å². The molecular weight excluding hydrogens is 494 g/mol. The number of nitrogens with zero attached hydrogens (tertiary/aromatic N) is 2. The average Bonchev–Trinajstić information content (AvgIpc) is 2.80. The van der Waals surface area contributed by atoms with Crippen LogP contribution in [0.4, 0.5) is 11.4 Å². The number of carbonyl (C=O) groups is 1. The highest BCUT2D eigenvalue weighted by Gasteiger charge is 2.23. The lowest BCUT2D eigenvalue weighted by molar-refractivity contribution is 0.0995. The van der Waals surface area contributed by atoms with Crippen LogP contribution in [0.2, 0.25) is 0 Å². The van der Waals surface area contributed by atoms with Crippen LogP contribution in [-0.4, -0.2) is 19.4 Å². The van der Waals surface area contributed by atoms with E-state index < -0.39 is 15.9 Å². The zero-order valence-electron chi connectivity index (χ0n) is 16.7. The molecule has 0 fully saturated rings. The van der Waals surface area contributed by atoms with Crippen molar-refractivity contribution in [1.29, 1.82) is 0 Å². The normalized spacial score (nSPS) is 13.2. The van der Waals surface area contributed by atoms with Crippen molar-refractivity contribution in [2.75, 3.05) is 4.72 Å². The molecule has 1 amide bonds. The van der Waals surface area contributed by atoms with Gasteiger partial charge in [0, 0.05) is 15.6 Å². The molecule has 0 heterocycles. The molecule has 0 atom stereocenters. The maximum absolute atomic E-state index is 12.9. The first-order chi connectivity index (χ1) is 15.3. The molecule has 0 bridgehead atoms. The molecule has 0 aromatic heterocycles. The summed E-state index contributed by atoms with van der Waals surface area (Å²) in [5.41, 5.74) is 1.85. The Morgan fingerprint density at radius 1 is 0.969 bits per heavy atom. The summed E-state index contributed by atoms with van der Waals surface area (Å²) in [6.45, 7) is 0. The van der Waals surface area contributed by atoms with Gasteiger partial charge in [-0.05, 0) is 60.9 Å². The van der Waals surface area contributed by atoms with Crippen LogP contribution in [0.1, 0.15) is 21.5 Å². The Kier molecular flexibility index (Phi) is 6.20. The molecule has 3 aromatic carbocycles. The molecule has 1 aliphatic carbocycles. The van der Waals surface area contributed by atoms with Crippen molar-refractivity contribution >= 4 is 43.2 Å². The lowest BCUT2D eigenvalue weighted by atomic mass is 9.93. The molecule has 162 valence electrons. The number of aromatic hydroxyl groups is 1. The third kappa shape index (κ3) is 4.63. The molecule has 3 aromatic rings. The maximum Gasteiger partial charge on any atom is 0.295 e. The van der Waals surface area contributed by atoms with E-state index in [-0.39, 0.29) is 22.0 Å². The van der Waals surface area contributed by atoms with Gasteiger partial charge in [-0.3, -0.25) is 9.52 Å². The minimum atomic E-state index is -3.88. The van der Waals surface area contributed by atoms with Gasteiger partial charge in [-0.15, -0.1) is 10.2 Å². The third-order valence-electron chi connectivity index (χ3n) is 4.95. The Labute approximate surface area is 193 Å². The van der Waals surface area contributed by atoms with E-state index in [2.05, 4.69) is 30.9 Å². The van der Waals surface area contributed by atoms with Crippen LogP contribution in [0.15, 0.2) is 92.4 Å². The van der Waals surface area contributed by atoms with Crippen molar-refractivity contribution < 1.29 is 18.3 Å². The van der Waals surface area contributed by atoms with Crippen molar-refractivity contribution in [3.63, 3.8) is 0 Å². The standard InChI is InChI=1S/C23H18BrN3O4S/c24-16-10-12-17(13-11-16)32(30,31)27-20-14-21(22(28)19-9-5-4-8-18(19)20)25-26-23(29)15-6-2-1-3-7-15/h1-7,10-14,27-28H,8-9H2. The van der Waals surface area contributed by atoms with Gasteiger partial charge in [-0.25, -0.2) is 8.42 Å². The number of hydrogen-bond donors (Lipinski definition) is 2. The Bertz CT molecular complexity index is 1340. The molecule has 2 N–H and O–H groups in total. The first-order valence-corrected chi connectivity index (χ1v) is 11.9. The van der Waals surface area contributed by atoms with Crippen LogP contribution in [0.25, 0.3) is 0 Å². The van der Waals surface area contributed by atoms with E-state index in [9.17, 15) is 18.3 Å². The number of anilines is 1. The summed E-state index contributed by atoms with van der Waals surface area (Å²) < 4.78 is 29.2. The molecule has 0 saturated heterocycles. The second-order valence-electron chi connectivity index (χ2n) is 7.06. The first kappa shape index (κ1) is 21.9. The summed E-state index contributed by atoms with van der Waals surface area (Å²) in [6.07, 6.45) is 4.63. The molecule has 4 rings (SSSR count). The molecule has 9 heteroatoms. The number of allylic oxidation sites excluding steroid dienone is 2. The quantitative estimate of drug-likeness (QED) is 0.266. The Balaban J connectivity index is 1.72. The summed E-state index contributed by atoms with van der Waals surface area (Å²) in [7, 11) is -3.88. The monoisotopic (exact) mass is 511 g/mol. The van der Waals surface area contributed by atoms with Crippen molar-refractivity contribution in [2.45, 2.75) is 17.7 Å². The number of rotatable bonds is 5. The summed E-state index contributed by atoms with van der Waals surface area (Å²) in [5.74, 6) is -0.694. The minimum absolute atomic E-state index is 0.0110. The molecular formula is C23H18BrN3O4S. The molecule has 0 saturated carbocycles. The number of hydrogen-bond acceptors (Lipinski definition) is 5. The van der Waals surface area contributed by atoms with Crippen LogP contribution >= 0.6 is 15.9 Å². The van der Waals surface area contributed by atoms with Gasteiger partial charge in [0.25, 0.3) is 15.9 Å². The number of azo groups is 1. The third-order valence-corrected chi connectivity index (χ3v) is 6.86. The molecule has 0 unspecified atom stereocenters. The topological polar surface area (TPSA) is 108 Å². The fraction of sp³-hybridized carbons (Fsp3) is 0.0870. The number of sulfonamides is 1. The van der Waals surface area contributed by atoms with Crippen molar-refractivity contribution in [2.24, 2.45) is 10.2 Å². The van der Waals surface area contributed by atoms with Crippen LogP contribution in [-0.2, 0) is 22.9 Å². The number of halogens is 1. The zero-order valence-corrected chi connectivity index (χ0v) is 19.1. The van der Waals surface area contributed by atoms with E-state index >= 15 is 0 Å². The van der Waals surface area contributed by atoms with Gasteiger partial charge in [0.15, 0.2) is 0 Å². The fourth-order valence-corrected chi connectivity index (χ4v) is 4.68. The van der Waals surface area contributed by atoms with E-state index in [0.717, 1.165) is 4.47 Å². The number of phenolic OH excluding ortho intramolecular Hbond substituents is 1. The Morgan fingerprint density at radius 3 is 2.31 bits per heavy atom. The lowest BCUT2D eigenvalue weighted by Crippen LogP contribution is -2.15. The highest BCUT2D eigenvalue weighted by atomic mass is 79.9. The minimum Gasteiger partial charge on any atom is -0.505 e. The predicted molar refractivity (Wildman–Crippen MR) is 125 cm³/mol. The van der Waals surface area contributed by atoms with E-state index in [1.54, 1.807) is 42.5 Å². The molecule has 32 heavy (non-hydrogen) atoms. The molecule has 1 aliphatic rings. The maximum atomic E-state index is 12.9. The van der Waals surface area contributed by atoms with Crippen LogP contribution in [0, 0.1) is 0 Å². The zero-order chi connectivity index (χ0) is 22.7. The highest BCUT2D eigenvalue weighted by Crippen LogP contribution is 2.41. The van der Waals surface area contributed by atoms with Crippen LogP contribution in [0.3, 0.4) is 0 Å². The smallest absolute Gasteiger partial charge is 0.295 e. The SMILES string of the molecule is O=C(N=Nc1cc(NS(=O)(=O)c2ccc(Br)cc2)c2c(c1O)CC=CC2)c1ccccc1. The first-order valence-electron chi connectivity index (χ1n) is 9.67. The fourth-order valence-electron chi connectivity index (χ4n) is 3.33. The summed E-state index contributed by atoms with van der Waals surface area (Å²) >= 11 is 3.29. The van der Waals surface area contributed by atoms with E-state index in [4.69, 9.17) is 0 Å². The van der Waals surface area contributed by atoms with Gasteiger partial charge in [0.1, 0.15) is 11.4 Å². The molecule has 0 spiro atoms. The number of amides is 1. The number of fused-ring (bicyclic) bond motifs is 1. The lowest BCUT2D eigenvalue weighted by Gasteiger charge is -2.19. The van der Waals surface area contributed by atoms with E-state index in [1.807, 2.05) is 12.2 Å². The van der Waals surface area contributed by atoms with Gasteiger partial charge in [-0.2, -0.15) is 0 Å². The molecule has 7 nitrogen and oxygen atoms in total. The second-order valence-corrected chi connectivity index (χ2v) is 9.66. The Hall–Kier alpha value is -3.30. The van der Waals surface area contributed by atoms with Crippen LogP contribution < -0.4 is 4.72 Å². The molecule has 0 radical (unpaired) electrons. The molecule has 0 aliphatic heterocycles.